The van der Waals surface area contributed by atoms with Crippen LogP contribution in [0.2, 0.25) is 0 Å². The molecule has 76 valence electrons. The number of para-hydroxylation sites is 1. The maximum Gasteiger partial charge on any atom is 0.337 e. The monoisotopic (exact) mass is 203 g/mol. The maximum atomic E-state index is 11.1. The van der Waals surface area contributed by atoms with Gasteiger partial charge in [0.15, 0.2) is 5.78 Å². The smallest absolute Gasteiger partial charge is 0.337 e. The molecular formula is C11H9NO3. The molecule has 4 nitrogen and oxygen atoms in total. The molecule has 2 aromatic rings. The Labute approximate surface area is 85.5 Å². The number of aromatic nitrogens is 1. The summed E-state index contributed by atoms with van der Waals surface area (Å²) in [6, 6.07) is 6.59. The van der Waals surface area contributed by atoms with Crippen molar-refractivity contribution in [2.24, 2.45) is 0 Å². The molecule has 0 saturated carbocycles. The topological polar surface area (TPSA) is 70.2 Å². The van der Waals surface area contributed by atoms with Gasteiger partial charge in [-0.1, -0.05) is 12.1 Å². The van der Waals surface area contributed by atoms with E-state index in [1.165, 1.54) is 13.0 Å². The molecule has 0 atom stereocenters. The number of fused-ring (bicyclic) bond motifs is 1. The fourth-order valence-electron chi connectivity index (χ4n) is 1.52. The largest absolute Gasteiger partial charge is 0.478 e. The van der Waals surface area contributed by atoms with Gasteiger partial charge in [0.05, 0.1) is 16.8 Å². The van der Waals surface area contributed by atoms with Crippen LogP contribution >= 0.6 is 0 Å². The second kappa shape index (κ2) is 3.24. The summed E-state index contributed by atoms with van der Waals surface area (Å²) in [6.45, 7) is 1.44. The summed E-state index contributed by atoms with van der Waals surface area (Å²) in [7, 11) is 0. The zero-order valence-electron chi connectivity index (χ0n) is 8.07. The highest BCUT2D eigenvalue weighted by Gasteiger charge is 2.11. The number of benzene rings is 1. The van der Waals surface area contributed by atoms with Crippen molar-refractivity contribution < 1.29 is 14.7 Å². The predicted octanol–water partition coefficient (Wildman–Crippen LogP) is 2.07. The first-order valence-electron chi connectivity index (χ1n) is 4.45. The van der Waals surface area contributed by atoms with Crippen LogP contribution in [0.1, 0.15) is 27.8 Å². The number of nitrogens with one attached hydrogen (secondary N) is 1. The van der Waals surface area contributed by atoms with Gasteiger partial charge in [-0.3, -0.25) is 4.79 Å². The third kappa shape index (κ3) is 1.50. The minimum absolute atomic E-state index is 0.109. The van der Waals surface area contributed by atoms with Gasteiger partial charge in [-0.15, -0.1) is 0 Å². The van der Waals surface area contributed by atoms with Crippen molar-refractivity contribution in [1.82, 2.24) is 4.98 Å². The molecule has 2 N–H and O–H groups in total. The molecule has 0 fully saturated rings. The van der Waals surface area contributed by atoms with Gasteiger partial charge < -0.3 is 10.1 Å². The Bertz CT molecular complexity index is 554. The molecule has 4 heteroatoms. The average molecular weight is 203 g/mol. The summed E-state index contributed by atoms with van der Waals surface area (Å²) >= 11 is 0. The number of carbonyl (C=O) groups is 2. The molecule has 0 unspecified atom stereocenters. The van der Waals surface area contributed by atoms with E-state index in [0.29, 0.717) is 11.2 Å². The zero-order chi connectivity index (χ0) is 11.0. The number of ketones is 1. The lowest BCUT2D eigenvalue weighted by Gasteiger charge is -1.95. The van der Waals surface area contributed by atoms with Crippen molar-refractivity contribution in [3.05, 3.63) is 35.5 Å². The molecule has 0 spiro atoms. The number of Topliss-reactive ketones (excluding diaryl/α,β-unsaturated/α-hetero) is 1. The van der Waals surface area contributed by atoms with Crippen LogP contribution in [0.15, 0.2) is 24.3 Å². The van der Waals surface area contributed by atoms with Gasteiger partial charge in [-0.2, -0.15) is 0 Å². The van der Waals surface area contributed by atoms with E-state index in [9.17, 15) is 9.59 Å². The third-order valence-corrected chi connectivity index (χ3v) is 2.27. The quantitative estimate of drug-likeness (QED) is 0.734. The molecule has 0 amide bonds. The van der Waals surface area contributed by atoms with Crippen LogP contribution in [0.5, 0.6) is 0 Å². The van der Waals surface area contributed by atoms with Crippen molar-refractivity contribution in [3.8, 4) is 0 Å². The highest BCUT2D eigenvalue weighted by molar-refractivity contribution is 6.05. The lowest BCUT2D eigenvalue weighted by Crippen LogP contribution is -1.97. The van der Waals surface area contributed by atoms with Gasteiger partial charge in [0.1, 0.15) is 0 Å². The minimum Gasteiger partial charge on any atom is -0.478 e. The number of carbonyl (C=O) groups excluding carboxylic acids is 1. The van der Waals surface area contributed by atoms with E-state index in [1.54, 1.807) is 18.2 Å². The van der Waals surface area contributed by atoms with E-state index in [-0.39, 0.29) is 11.3 Å². The maximum absolute atomic E-state index is 11.1. The molecule has 0 aliphatic carbocycles. The zero-order valence-corrected chi connectivity index (χ0v) is 8.07. The van der Waals surface area contributed by atoms with E-state index in [0.717, 1.165) is 5.39 Å². The fraction of sp³-hybridized carbons (Fsp3) is 0.0909. The molecule has 1 aromatic carbocycles. The molecule has 0 saturated heterocycles. The number of carboxylic acid groups (broad SMARTS) is 1. The Kier molecular flexibility index (Phi) is 2.04. The normalized spacial score (nSPS) is 10.5. The van der Waals surface area contributed by atoms with E-state index in [2.05, 4.69) is 4.98 Å². The number of carboxylic acids is 1. The molecule has 0 aliphatic rings. The first kappa shape index (κ1) is 9.45. The molecule has 2 rings (SSSR count). The summed E-state index contributed by atoms with van der Waals surface area (Å²) in [5.74, 6) is -1.11. The van der Waals surface area contributed by atoms with Crippen LogP contribution in [0.4, 0.5) is 0 Å². The lowest BCUT2D eigenvalue weighted by atomic mass is 10.1. The third-order valence-electron chi connectivity index (χ3n) is 2.27. The standard InChI is InChI=1S/C11H9NO3/c1-6(13)9-5-7-3-2-4-8(11(14)15)10(7)12-9/h2-5,12H,1H3,(H,14,15). The summed E-state index contributed by atoms with van der Waals surface area (Å²) < 4.78 is 0. The number of aromatic carboxylic acids is 1. The van der Waals surface area contributed by atoms with Gasteiger partial charge in [-0.25, -0.2) is 4.79 Å². The summed E-state index contributed by atoms with van der Waals surface area (Å²) in [6.07, 6.45) is 0. The molecule has 0 aliphatic heterocycles. The fourth-order valence-corrected chi connectivity index (χ4v) is 1.52. The van der Waals surface area contributed by atoms with Gasteiger partial charge in [0.2, 0.25) is 0 Å². The first-order chi connectivity index (χ1) is 7.09. The Morgan fingerprint density at radius 2 is 2.07 bits per heavy atom. The van der Waals surface area contributed by atoms with Crippen LogP contribution in [-0.2, 0) is 0 Å². The molecule has 1 heterocycles. The highest BCUT2D eigenvalue weighted by atomic mass is 16.4. The van der Waals surface area contributed by atoms with Crippen molar-refractivity contribution in [3.63, 3.8) is 0 Å². The molecule has 1 aromatic heterocycles. The number of hydrogen-bond acceptors (Lipinski definition) is 2. The van der Waals surface area contributed by atoms with Crippen LogP contribution in [-0.4, -0.2) is 21.8 Å². The first-order valence-corrected chi connectivity index (χ1v) is 4.45. The van der Waals surface area contributed by atoms with Crippen LogP contribution < -0.4 is 0 Å². The van der Waals surface area contributed by atoms with Crippen molar-refractivity contribution in [2.75, 3.05) is 0 Å². The number of rotatable bonds is 2. The summed E-state index contributed by atoms with van der Waals surface area (Å²) in [5, 5.41) is 9.66. The second-order valence-corrected chi connectivity index (χ2v) is 3.31. The molecule has 15 heavy (non-hydrogen) atoms. The van der Waals surface area contributed by atoms with E-state index in [1.807, 2.05) is 0 Å². The number of aromatic amines is 1. The van der Waals surface area contributed by atoms with Crippen LogP contribution in [0.3, 0.4) is 0 Å². The molecule has 0 radical (unpaired) electrons. The average Bonchev–Trinajstić information content (AvgIpc) is 2.60. The van der Waals surface area contributed by atoms with E-state index in [4.69, 9.17) is 5.11 Å². The molecule has 0 bridgehead atoms. The van der Waals surface area contributed by atoms with Crippen LogP contribution in [0, 0.1) is 0 Å². The van der Waals surface area contributed by atoms with Crippen molar-refractivity contribution in [1.29, 1.82) is 0 Å². The predicted molar refractivity (Wildman–Crippen MR) is 55.3 cm³/mol. The second-order valence-electron chi connectivity index (χ2n) is 3.31. The SMILES string of the molecule is CC(=O)c1cc2cccc(C(=O)O)c2[nH]1. The van der Waals surface area contributed by atoms with Crippen LogP contribution in [0.25, 0.3) is 10.9 Å². The Hall–Kier alpha value is -2.10. The highest BCUT2D eigenvalue weighted by Crippen LogP contribution is 2.19. The van der Waals surface area contributed by atoms with Crippen molar-refractivity contribution in [2.45, 2.75) is 6.92 Å². The Morgan fingerprint density at radius 1 is 1.33 bits per heavy atom. The van der Waals surface area contributed by atoms with Gasteiger partial charge in [0.25, 0.3) is 0 Å². The molecular weight excluding hydrogens is 194 g/mol. The number of hydrogen-bond donors (Lipinski definition) is 2. The Morgan fingerprint density at radius 3 is 2.67 bits per heavy atom. The van der Waals surface area contributed by atoms with Crippen molar-refractivity contribution >= 4 is 22.7 Å². The van der Waals surface area contributed by atoms with Gasteiger partial charge in [0, 0.05) is 12.3 Å². The van der Waals surface area contributed by atoms with E-state index < -0.39 is 5.97 Å². The van der Waals surface area contributed by atoms with Gasteiger partial charge in [-0.05, 0) is 12.1 Å². The lowest BCUT2D eigenvalue weighted by molar-refractivity contribution is 0.0698. The minimum atomic E-state index is -1.00. The van der Waals surface area contributed by atoms with Gasteiger partial charge >= 0.3 is 5.97 Å². The van der Waals surface area contributed by atoms with E-state index >= 15 is 0 Å². The summed E-state index contributed by atoms with van der Waals surface area (Å²) in [4.78, 5) is 24.8. The Balaban J connectivity index is 2.75. The number of H-pyrrole nitrogens is 1. The summed E-state index contributed by atoms with van der Waals surface area (Å²) in [5.41, 5.74) is 1.11.